The highest BCUT2D eigenvalue weighted by atomic mass is 16.4. The predicted molar refractivity (Wildman–Crippen MR) is 77.0 cm³/mol. The van der Waals surface area contributed by atoms with Gasteiger partial charge in [0.2, 0.25) is 0 Å². The Morgan fingerprint density at radius 1 is 1.40 bits per heavy atom. The van der Waals surface area contributed by atoms with Crippen LogP contribution in [-0.2, 0) is 11.2 Å². The van der Waals surface area contributed by atoms with E-state index >= 15 is 0 Å². The lowest BCUT2D eigenvalue weighted by Gasteiger charge is -2.16. The van der Waals surface area contributed by atoms with Crippen LogP contribution in [0.15, 0.2) is 18.2 Å². The predicted octanol–water partition coefficient (Wildman–Crippen LogP) is 1.88. The fourth-order valence-corrected chi connectivity index (χ4v) is 2.38. The van der Waals surface area contributed by atoms with Gasteiger partial charge in [0.15, 0.2) is 0 Å². The molecule has 1 aromatic rings. The number of carboxylic acids is 1. The number of carboxylic acid groups (broad SMARTS) is 1. The van der Waals surface area contributed by atoms with Gasteiger partial charge in [-0.25, -0.2) is 4.79 Å². The Balaban J connectivity index is 2.08. The fraction of sp³-hybridized carbons (Fsp3) is 0.467. The summed E-state index contributed by atoms with van der Waals surface area (Å²) in [6.45, 7) is 4.75. The van der Waals surface area contributed by atoms with Gasteiger partial charge in [-0.05, 0) is 42.5 Å². The number of anilines is 1. The highest BCUT2D eigenvalue weighted by Gasteiger charge is 2.22. The summed E-state index contributed by atoms with van der Waals surface area (Å²) in [6, 6.07) is 4.59. The monoisotopic (exact) mass is 276 g/mol. The van der Waals surface area contributed by atoms with Gasteiger partial charge in [0, 0.05) is 17.8 Å². The highest BCUT2D eigenvalue weighted by Crippen LogP contribution is 2.23. The second-order valence-corrected chi connectivity index (χ2v) is 5.54. The van der Waals surface area contributed by atoms with Crippen molar-refractivity contribution in [3.63, 3.8) is 0 Å². The number of carbonyl (C=O) groups excluding carboxylic acids is 1. The van der Waals surface area contributed by atoms with Gasteiger partial charge in [-0.15, -0.1) is 0 Å². The molecule has 0 aromatic heterocycles. The standard InChI is InChI=1S/C15H20N2O3/c1-9(2)7-13(15(19)20)17-14(18)11-3-4-12-10(8-11)5-6-16-12/h3-4,8-9,13,16H,5-7H2,1-2H3,(H,17,18)(H,19,20)/t13-/m1/s1. The van der Waals surface area contributed by atoms with Crippen LogP contribution in [0.25, 0.3) is 0 Å². The zero-order chi connectivity index (χ0) is 14.7. The van der Waals surface area contributed by atoms with Crippen LogP contribution in [0.5, 0.6) is 0 Å². The summed E-state index contributed by atoms with van der Waals surface area (Å²) in [5.74, 6) is -1.11. The van der Waals surface area contributed by atoms with Crippen LogP contribution in [0.3, 0.4) is 0 Å². The van der Waals surface area contributed by atoms with Crippen LogP contribution in [0, 0.1) is 5.92 Å². The van der Waals surface area contributed by atoms with E-state index in [4.69, 9.17) is 5.11 Å². The summed E-state index contributed by atoms with van der Waals surface area (Å²) in [5, 5.41) is 15.0. The first-order valence-corrected chi connectivity index (χ1v) is 6.88. The van der Waals surface area contributed by atoms with E-state index in [1.54, 1.807) is 6.07 Å². The van der Waals surface area contributed by atoms with E-state index in [-0.39, 0.29) is 11.8 Å². The Labute approximate surface area is 118 Å². The maximum atomic E-state index is 12.1. The third kappa shape index (κ3) is 3.29. The summed E-state index contributed by atoms with van der Waals surface area (Å²) in [7, 11) is 0. The van der Waals surface area contributed by atoms with Crippen LogP contribution >= 0.6 is 0 Å². The molecule has 0 bridgehead atoms. The van der Waals surface area contributed by atoms with E-state index in [2.05, 4.69) is 10.6 Å². The largest absolute Gasteiger partial charge is 0.480 e. The number of nitrogens with one attached hydrogen (secondary N) is 2. The Hall–Kier alpha value is -2.04. The third-order valence-corrected chi connectivity index (χ3v) is 3.39. The van der Waals surface area contributed by atoms with Crippen molar-refractivity contribution in [1.29, 1.82) is 0 Å². The number of hydrogen-bond donors (Lipinski definition) is 3. The zero-order valence-corrected chi connectivity index (χ0v) is 11.8. The van der Waals surface area contributed by atoms with Crippen molar-refractivity contribution < 1.29 is 14.7 Å². The van der Waals surface area contributed by atoms with Crippen LogP contribution in [-0.4, -0.2) is 29.6 Å². The number of aliphatic carboxylic acids is 1. The summed E-state index contributed by atoms with van der Waals surface area (Å²) in [4.78, 5) is 23.3. The molecule has 5 heteroatoms. The number of benzene rings is 1. The molecule has 5 nitrogen and oxygen atoms in total. The molecular formula is C15H20N2O3. The highest BCUT2D eigenvalue weighted by molar-refractivity contribution is 5.97. The van der Waals surface area contributed by atoms with E-state index in [0.717, 1.165) is 24.2 Å². The van der Waals surface area contributed by atoms with Crippen LogP contribution in [0.1, 0.15) is 36.2 Å². The van der Waals surface area contributed by atoms with Crippen molar-refractivity contribution >= 4 is 17.6 Å². The summed E-state index contributed by atoms with van der Waals surface area (Å²) in [5.41, 5.74) is 2.68. The van der Waals surface area contributed by atoms with Gasteiger partial charge in [0.05, 0.1) is 0 Å². The molecule has 0 saturated carbocycles. The van der Waals surface area contributed by atoms with Crippen molar-refractivity contribution in [2.24, 2.45) is 5.92 Å². The molecule has 0 radical (unpaired) electrons. The average molecular weight is 276 g/mol. The van der Waals surface area contributed by atoms with Crippen LogP contribution in [0.2, 0.25) is 0 Å². The van der Waals surface area contributed by atoms with Gasteiger partial charge in [0.1, 0.15) is 6.04 Å². The molecule has 2 rings (SSSR count). The first-order chi connectivity index (χ1) is 9.47. The second-order valence-electron chi connectivity index (χ2n) is 5.54. The number of carbonyl (C=O) groups is 2. The van der Waals surface area contributed by atoms with E-state index in [9.17, 15) is 9.59 Å². The molecule has 1 heterocycles. The van der Waals surface area contributed by atoms with E-state index in [1.165, 1.54) is 0 Å². The van der Waals surface area contributed by atoms with Crippen molar-refractivity contribution in [2.75, 3.05) is 11.9 Å². The summed E-state index contributed by atoms with van der Waals surface area (Å²) in [6.07, 6.45) is 1.32. The average Bonchev–Trinajstić information content (AvgIpc) is 2.84. The van der Waals surface area contributed by atoms with Gasteiger partial charge in [0.25, 0.3) is 5.91 Å². The van der Waals surface area contributed by atoms with Crippen LogP contribution < -0.4 is 10.6 Å². The molecule has 0 fully saturated rings. The molecule has 1 aliphatic rings. The summed E-state index contributed by atoms with van der Waals surface area (Å²) < 4.78 is 0. The van der Waals surface area contributed by atoms with E-state index in [0.29, 0.717) is 12.0 Å². The Kier molecular flexibility index (Phi) is 4.27. The Morgan fingerprint density at radius 2 is 2.15 bits per heavy atom. The molecular weight excluding hydrogens is 256 g/mol. The molecule has 0 spiro atoms. The van der Waals surface area contributed by atoms with E-state index in [1.807, 2.05) is 26.0 Å². The summed E-state index contributed by atoms with van der Waals surface area (Å²) >= 11 is 0. The molecule has 1 aromatic carbocycles. The first kappa shape index (κ1) is 14.4. The normalized spacial score (nSPS) is 14.6. The Morgan fingerprint density at radius 3 is 2.80 bits per heavy atom. The van der Waals surface area contributed by atoms with Crippen molar-refractivity contribution in [2.45, 2.75) is 32.7 Å². The Bertz CT molecular complexity index is 526. The number of rotatable bonds is 5. The van der Waals surface area contributed by atoms with Gasteiger partial charge < -0.3 is 15.7 Å². The van der Waals surface area contributed by atoms with Gasteiger partial charge >= 0.3 is 5.97 Å². The molecule has 3 N–H and O–H groups in total. The third-order valence-electron chi connectivity index (χ3n) is 3.39. The maximum Gasteiger partial charge on any atom is 0.326 e. The second kappa shape index (κ2) is 5.94. The molecule has 1 atom stereocenters. The van der Waals surface area contributed by atoms with Gasteiger partial charge in [-0.2, -0.15) is 0 Å². The lowest BCUT2D eigenvalue weighted by molar-refractivity contribution is -0.139. The first-order valence-electron chi connectivity index (χ1n) is 6.88. The molecule has 1 aliphatic heterocycles. The van der Waals surface area contributed by atoms with Gasteiger partial charge in [-0.3, -0.25) is 4.79 Å². The van der Waals surface area contributed by atoms with Crippen molar-refractivity contribution in [3.8, 4) is 0 Å². The topological polar surface area (TPSA) is 78.4 Å². The van der Waals surface area contributed by atoms with E-state index < -0.39 is 12.0 Å². The smallest absolute Gasteiger partial charge is 0.326 e. The number of fused-ring (bicyclic) bond motifs is 1. The number of amides is 1. The lowest BCUT2D eigenvalue weighted by Crippen LogP contribution is -2.41. The molecule has 0 unspecified atom stereocenters. The molecule has 0 aliphatic carbocycles. The molecule has 20 heavy (non-hydrogen) atoms. The minimum absolute atomic E-state index is 0.209. The van der Waals surface area contributed by atoms with Crippen LogP contribution in [0.4, 0.5) is 5.69 Å². The number of hydrogen-bond acceptors (Lipinski definition) is 3. The fourth-order valence-electron chi connectivity index (χ4n) is 2.38. The van der Waals surface area contributed by atoms with Crippen molar-refractivity contribution in [1.82, 2.24) is 5.32 Å². The quantitative estimate of drug-likeness (QED) is 0.767. The minimum Gasteiger partial charge on any atom is -0.480 e. The molecule has 0 saturated heterocycles. The maximum absolute atomic E-state index is 12.1. The minimum atomic E-state index is -0.991. The molecule has 1 amide bonds. The SMILES string of the molecule is CC(C)C[C@@H](NC(=O)c1ccc2c(c1)CCN2)C(=O)O. The molecule has 108 valence electrons. The van der Waals surface area contributed by atoms with Gasteiger partial charge in [-0.1, -0.05) is 13.8 Å². The lowest BCUT2D eigenvalue weighted by atomic mass is 10.0. The van der Waals surface area contributed by atoms with Crippen molar-refractivity contribution in [3.05, 3.63) is 29.3 Å². The zero-order valence-electron chi connectivity index (χ0n) is 11.8.